The summed E-state index contributed by atoms with van der Waals surface area (Å²) in [7, 11) is -2.06. The van der Waals surface area contributed by atoms with E-state index in [-0.39, 0.29) is 22.9 Å². The first-order valence-electron chi connectivity index (χ1n) is 9.82. The molecule has 0 spiro atoms. The van der Waals surface area contributed by atoms with Crippen LogP contribution in [0, 0.1) is 0 Å². The number of fused-ring (bicyclic) bond motifs is 1. The Morgan fingerprint density at radius 3 is 2.47 bits per heavy atom. The number of nitrogens with zero attached hydrogens (tertiary/aromatic N) is 4. The van der Waals surface area contributed by atoms with Crippen molar-refractivity contribution in [1.82, 2.24) is 14.3 Å². The van der Waals surface area contributed by atoms with Crippen LogP contribution >= 0.6 is 0 Å². The quantitative estimate of drug-likeness (QED) is 0.708. The highest BCUT2D eigenvalue weighted by molar-refractivity contribution is 7.89. The van der Waals surface area contributed by atoms with E-state index in [1.165, 1.54) is 30.7 Å². The molecule has 2 aliphatic rings. The largest absolute Gasteiger partial charge is 0.494 e. The predicted octanol–water partition coefficient (Wildman–Crippen LogP) is 1.63. The fourth-order valence-electron chi connectivity index (χ4n) is 3.82. The highest BCUT2D eigenvalue weighted by atomic mass is 32.2. The Morgan fingerprint density at radius 1 is 1.13 bits per heavy atom. The van der Waals surface area contributed by atoms with Gasteiger partial charge in [0.1, 0.15) is 6.10 Å². The minimum atomic E-state index is -3.60. The summed E-state index contributed by atoms with van der Waals surface area (Å²) in [6.45, 7) is 2.83. The third-order valence-electron chi connectivity index (χ3n) is 5.48. The van der Waals surface area contributed by atoms with E-state index < -0.39 is 10.0 Å². The number of piperidine rings is 1. The average Bonchev–Trinajstić information content (AvgIpc) is 3.18. The number of carbonyl (C=O) groups excluding carboxylic acids is 1. The number of carbonyl (C=O) groups is 1. The van der Waals surface area contributed by atoms with Crippen LogP contribution in [0.2, 0.25) is 0 Å². The predicted molar refractivity (Wildman–Crippen MR) is 109 cm³/mol. The van der Waals surface area contributed by atoms with Crippen LogP contribution in [0.5, 0.6) is 11.8 Å². The van der Waals surface area contributed by atoms with Gasteiger partial charge in [-0.1, -0.05) is 0 Å². The van der Waals surface area contributed by atoms with Gasteiger partial charge >= 0.3 is 6.01 Å². The van der Waals surface area contributed by atoms with Gasteiger partial charge < -0.3 is 14.4 Å². The molecule has 0 radical (unpaired) electrons. The molecule has 30 heavy (non-hydrogen) atoms. The zero-order valence-corrected chi connectivity index (χ0v) is 17.8. The van der Waals surface area contributed by atoms with E-state index in [1.54, 1.807) is 23.1 Å². The van der Waals surface area contributed by atoms with Gasteiger partial charge in [-0.15, -0.1) is 0 Å². The van der Waals surface area contributed by atoms with Gasteiger partial charge in [-0.2, -0.15) is 14.3 Å². The molecule has 160 valence electrons. The zero-order chi connectivity index (χ0) is 21.3. The summed E-state index contributed by atoms with van der Waals surface area (Å²) in [6.07, 6.45) is 4.69. The van der Waals surface area contributed by atoms with E-state index in [0.29, 0.717) is 44.6 Å². The third kappa shape index (κ3) is 3.97. The van der Waals surface area contributed by atoms with E-state index in [9.17, 15) is 13.2 Å². The molecule has 0 unspecified atom stereocenters. The number of benzene rings is 1. The van der Waals surface area contributed by atoms with Crippen molar-refractivity contribution in [2.24, 2.45) is 0 Å². The lowest BCUT2D eigenvalue weighted by molar-refractivity contribution is -0.116. The van der Waals surface area contributed by atoms with Crippen LogP contribution in [-0.2, 0) is 21.2 Å². The Balaban J connectivity index is 1.41. The molecule has 10 heteroatoms. The van der Waals surface area contributed by atoms with Gasteiger partial charge in [-0.3, -0.25) is 4.79 Å². The van der Waals surface area contributed by atoms with Crippen LogP contribution in [0.3, 0.4) is 0 Å². The van der Waals surface area contributed by atoms with E-state index in [2.05, 4.69) is 9.97 Å². The number of sulfonamides is 1. The van der Waals surface area contributed by atoms with Crippen molar-refractivity contribution < 1.29 is 22.7 Å². The molecule has 0 aliphatic carbocycles. The maximum Gasteiger partial charge on any atom is 0.316 e. The van der Waals surface area contributed by atoms with Crippen molar-refractivity contribution in [3.63, 3.8) is 0 Å². The van der Waals surface area contributed by atoms with E-state index in [4.69, 9.17) is 9.47 Å². The van der Waals surface area contributed by atoms with Crippen molar-refractivity contribution in [3.8, 4) is 11.8 Å². The lowest BCUT2D eigenvalue weighted by atomic mass is 10.1. The molecule has 9 nitrogen and oxygen atoms in total. The molecule has 0 saturated carbocycles. The molecule has 1 aromatic carbocycles. The molecule has 2 aromatic rings. The summed E-state index contributed by atoms with van der Waals surface area (Å²) in [5.74, 6) is 0.510. The van der Waals surface area contributed by atoms with E-state index in [0.717, 1.165) is 11.3 Å². The summed E-state index contributed by atoms with van der Waals surface area (Å²) in [6, 6.07) is 5.27. The summed E-state index contributed by atoms with van der Waals surface area (Å²) < 4.78 is 38.5. The molecule has 0 bridgehead atoms. The van der Waals surface area contributed by atoms with Crippen molar-refractivity contribution in [2.75, 3.05) is 31.6 Å². The van der Waals surface area contributed by atoms with Gasteiger partial charge in [-0.05, 0) is 43.0 Å². The second kappa shape index (κ2) is 8.19. The molecule has 0 N–H and O–H groups in total. The topological polar surface area (TPSA) is 102 Å². The van der Waals surface area contributed by atoms with E-state index in [1.807, 2.05) is 0 Å². The number of rotatable bonds is 5. The standard InChI is InChI=1S/C20H24N4O5S/c1-14(25)24-10-5-15-11-18(3-4-19(15)24)30(26,27)23-8-6-16(7-9-23)29-20-21-12-17(28-2)13-22-20/h3-4,11-13,16H,5-10H2,1-2H3. The van der Waals surface area contributed by atoms with Gasteiger partial charge in [-0.25, -0.2) is 8.42 Å². The summed E-state index contributed by atoms with van der Waals surface area (Å²) >= 11 is 0. The maximum absolute atomic E-state index is 13.1. The van der Waals surface area contributed by atoms with Gasteiger partial charge in [0.05, 0.1) is 24.4 Å². The molecule has 4 rings (SSSR count). The minimum absolute atomic E-state index is 0.0349. The fraction of sp³-hybridized carbons (Fsp3) is 0.450. The molecule has 0 atom stereocenters. The number of methoxy groups -OCH3 is 1. The normalized spacial score (nSPS) is 17.6. The Bertz CT molecular complexity index is 1030. The Morgan fingerprint density at radius 2 is 1.83 bits per heavy atom. The van der Waals surface area contributed by atoms with Gasteiger partial charge in [0.15, 0.2) is 5.75 Å². The van der Waals surface area contributed by atoms with Gasteiger partial charge in [0.25, 0.3) is 0 Å². The molecule has 1 fully saturated rings. The number of hydrogen-bond acceptors (Lipinski definition) is 7. The molecule has 1 aromatic heterocycles. The molecule has 2 aliphatic heterocycles. The Labute approximate surface area is 175 Å². The number of ether oxygens (including phenoxy) is 2. The molecule has 3 heterocycles. The van der Waals surface area contributed by atoms with Crippen molar-refractivity contribution in [3.05, 3.63) is 36.2 Å². The SMILES string of the molecule is COc1cnc(OC2CCN(S(=O)(=O)c3ccc4c(c3)CCN4C(C)=O)CC2)nc1. The van der Waals surface area contributed by atoms with Crippen LogP contribution in [0.4, 0.5) is 5.69 Å². The van der Waals surface area contributed by atoms with Gasteiger partial charge in [0, 0.05) is 32.2 Å². The number of anilines is 1. The average molecular weight is 433 g/mol. The maximum atomic E-state index is 13.1. The van der Waals surface area contributed by atoms with Crippen molar-refractivity contribution in [1.29, 1.82) is 0 Å². The van der Waals surface area contributed by atoms with Crippen LogP contribution in [0.1, 0.15) is 25.3 Å². The van der Waals surface area contributed by atoms with Gasteiger partial charge in [0.2, 0.25) is 15.9 Å². The second-order valence-electron chi connectivity index (χ2n) is 7.34. The highest BCUT2D eigenvalue weighted by Crippen LogP contribution is 2.32. The Kier molecular flexibility index (Phi) is 5.61. The molecule has 1 saturated heterocycles. The van der Waals surface area contributed by atoms with Crippen molar-refractivity contribution in [2.45, 2.75) is 37.2 Å². The first kappa shape index (κ1) is 20.5. The minimum Gasteiger partial charge on any atom is -0.494 e. The number of hydrogen-bond donors (Lipinski definition) is 0. The lowest BCUT2D eigenvalue weighted by Gasteiger charge is -2.31. The van der Waals surface area contributed by atoms with Crippen LogP contribution in [0.15, 0.2) is 35.5 Å². The Hall–Kier alpha value is -2.72. The molecular weight excluding hydrogens is 408 g/mol. The first-order valence-corrected chi connectivity index (χ1v) is 11.3. The van der Waals surface area contributed by atoms with Crippen LogP contribution < -0.4 is 14.4 Å². The van der Waals surface area contributed by atoms with Crippen LogP contribution in [0.25, 0.3) is 0 Å². The molecular formula is C20H24N4O5S. The second-order valence-corrected chi connectivity index (χ2v) is 9.28. The zero-order valence-electron chi connectivity index (χ0n) is 16.9. The van der Waals surface area contributed by atoms with E-state index >= 15 is 0 Å². The summed E-state index contributed by atoms with van der Waals surface area (Å²) in [5, 5.41) is 0. The molecule has 1 amide bonds. The summed E-state index contributed by atoms with van der Waals surface area (Å²) in [4.78, 5) is 21.8. The first-order chi connectivity index (χ1) is 14.4. The summed E-state index contributed by atoms with van der Waals surface area (Å²) in [5.41, 5.74) is 1.69. The van der Waals surface area contributed by atoms with Crippen LogP contribution in [-0.4, -0.2) is 61.4 Å². The van der Waals surface area contributed by atoms with Crippen molar-refractivity contribution >= 4 is 21.6 Å². The fourth-order valence-corrected chi connectivity index (χ4v) is 5.35. The number of amides is 1. The number of aromatic nitrogens is 2. The monoisotopic (exact) mass is 432 g/mol. The third-order valence-corrected chi connectivity index (χ3v) is 7.37. The highest BCUT2D eigenvalue weighted by Gasteiger charge is 2.32. The lowest BCUT2D eigenvalue weighted by Crippen LogP contribution is -2.41. The smallest absolute Gasteiger partial charge is 0.316 e.